The highest BCUT2D eigenvalue weighted by Crippen LogP contribution is 2.13. The molecule has 11 heavy (non-hydrogen) atoms. The molecule has 0 spiro atoms. The van der Waals surface area contributed by atoms with Crippen molar-refractivity contribution in [3.63, 3.8) is 0 Å². The number of benzene rings is 1. The first-order chi connectivity index (χ1) is 5.24. The topological polar surface area (TPSA) is 44.1 Å². The molecule has 0 aliphatic heterocycles. The van der Waals surface area contributed by atoms with Gasteiger partial charge in [-0.2, -0.15) is 0 Å². The molecule has 0 saturated heterocycles. The SMILES string of the molecule is CSC(=N)c1ccc(O)cc1. The smallest absolute Gasteiger partial charge is 0.115 e. The zero-order valence-corrected chi connectivity index (χ0v) is 6.98. The number of phenolic OH excluding ortho intramolecular Hbond substituents is 1. The predicted molar refractivity (Wildman–Crippen MR) is 48.5 cm³/mol. The Kier molecular flexibility index (Phi) is 2.54. The molecule has 0 aromatic heterocycles. The summed E-state index contributed by atoms with van der Waals surface area (Å²) in [5.74, 6) is 0.239. The van der Waals surface area contributed by atoms with Gasteiger partial charge in [-0.15, -0.1) is 11.8 Å². The molecule has 2 nitrogen and oxygen atoms in total. The summed E-state index contributed by atoms with van der Waals surface area (Å²) in [5, 5.41) is 16.9. The lowest BCUT2D eigenvalue weighted by atomic mass is 10.2. The monoisotopic (exact) mass is 167 g/mol. The van der Waals surface area contributed by atoms with Crippen molar-refractivity contribution in [1.29, 1.82) is 5.41 Å². The summed E-state index contributed by atoms with van der Waals surface area (Å²) in [4.78, 5) is 0. The second kappa shape index (κ2) is 3.44. The molecule has 58 valence electrons. The van der Waals surface area contributed by atoms with Gasteiger partial charge in [0.25, 0.3) is 0 Å². The molecule has 0 atom stereocenters. The first kappa shape index (κ1) is 8.14. The van der Waals surface area contributed by atoms with Crippen molar-refractivity contribution < 1.29 is 5.11 Å². The van der Waals surface area contributed by atoms with Gasteiger partial charge < -0.3 is 5.11 Å². The number of phenols is 1. The highest BCUT2D eigenvalue weighted by Gasteiger charge is 1.97. The second-order valence-corrected chi connectivity index (χ2v) is 2.90. The quantitative estimate of drug-likeness (QED) is 0.497. The second-order valence-electron chi connectivity index (χ2n) is 2.08. The molecule has 0 aliphatic rings. The fourth-order valence-electron chi connectivity index (χ4n) is 0.731. The van der Waals surface area contributed by atoms with Crippen LogP contribution in [0.4, 0.5) is 0 Å². The van der Waals surface area contributed by atoms with E-state index in [2.05, 4.69) is 0 Å². The fourth-order valence-corrected chi connectivity index (χ4v) is 1.10. The van der Waals surface area contributed by atoms with Crippen LogP contribution < -0.4 is 0 Å². The van der Waals surface area contributed by atoms with Crippen LogP contribution in [0.25, 0.3) is 0 Å². The van der Waals surface area contributed by atoms with Gasteiger partial charge >= 0.3 is 0 Å². The van der Waals surface area contributed by atoms with Gasteiger partial charge in [-0.1, -0.05) is 0 Å². The van der Waals surface area contributed by atoms with Crippen molar-refractivity contribution in [2.24, 2.45) is 0 Å². The van der Waals surface area contributed by atoms with E-state index in [0.717, 1.165) is 5.56 Å². The van der Waals surface area contributed by atoms with E-state index in [9.17, 15) is 0 Å². The number of hydrogen-bond acceptors (Lipinski definition) is 3. The standard InChI is InChI=1S/C8H9NOS/c1-11-8(9)6-2-4-7(10)5-3-6/h2-5,9-10H,1H3. The summed E-state index contributed by atoms with van der Waals surface area (Å²) in [6.07, 6.45) is 1.86. The number of aromatic hydroxyl groups is 1. The summed E-state index contributed by atoms with van der Waals surface area (Å²) in [6.45, 7) is 0. The molecule has 0 amide bonds. The summed E-state index contributed by atoms with van der Waals surface area (Å²) in [6, 6.07) is 6.63. The Labute approximate surface area is 69.8 Å². The van der Waals surface area contributed by atoms with Crippen LogP contribution >= 0.6 is 11.8 Å². The molecular formula is C8H9NOS. The maximum atomic E-state index is 8.93. The molecule has 0 aliphatic carbocycles. The van der Waals surface area contributed by atoms with E-state index in [1.807, 2.05) is 6.26 Å². The average molecular weight is 167 g/mol. The minimum absolute atomic E-state index is 0.239. The molecule has 0 radical (unpaired) electrons. The van der Waals surface area contributed by atoms with Crippen LogP contribution in [0.2, 0.25) is 0 Å². The average Bonchev–Trinajstić information content (AvgIpc) is 2.05. The molecule has 0 unspecified atom stereocenters. The molecule has 2 N–H and O–H groups in total. The Balaban J connectivity index is 2.90. The molecular weight excluding hydrogens is 158 g/mol. The van der Waals surface area contributed by atoms with Gasteiger partial charge in [0.15, 0.2) is 0 Å². The van der Waals surface area contributed by atoms with Gasteiger partial charge in [0.1, 0.15) is 5.75 Å². The Bertz CT molecular complexity index is 255. The van der Waals surface area contributed by atoms with E-state index in [-0.39, 0.29) is 5.75 Å². The third-order valence-electron chi connectivity index (χ3n) is 1.33. The van der Waals surface area contributed by atoms with E-state index in [1.54, 1.807) is 24.3 Å². The Hall–Kier alpha value is -0.960. The molecule has 0 fully saturated rings. The summed E-state index contributed by atoms with van der Waals surface area (Å²) in [5.41, 5.74) is 0.843. The summed E-state index contributed by atoms with van der Waals surface area (Å²) >= 11 is 1.39. The highest BCUT2D eigenvalue weighted by molar-refractivity contribution is 8.13. The van der Waals surface area contributed by atoms with Crippen LogP contribution in [-0.4, -0.2) is 16.4 Å². The Morgan fingerprint density at radius 2 is 1.91 bits per heavy atom. The summed E-state index contributed by atoms with van der Waals surface area (Å²) in [7, 11) is 0. The lowest BCUT2D eigenvalue weighted by Crippen LogP contribution is -1.90. The van der Waals surface area contributed by atoms with Crippen molar-refractivity contribution in [3.8, 4) is 5.75 Å². The van der Waals surface area contributed by atoms with E-state index in [4.69, 9.17) is 10.5 Å². The van der Waals surface area contributed by atoms with Crippen molar-refractivity contribution >= 4 is 16.8 Å². The van der Waals surface area contributed by atoms with E-state index >= 15 is 0 Å². The number of thioether (sulfide) groups is 1. The van der Waals surface area contributed by atoms with Crippen LogP contribution in [0.1, 0.15) is 5.56 Å². The van der Waals surface area contributed by atoms with E-state index in [1.165, 1.54) is 11.8 Å². The van der Waals surface area contributed by atoms with Crippen LogP contribution in [0.5, 0.6) is 5.75 Å². The predicted octanol–water partition coefficient (Wildman–Crippen LogP) is 2.08. The normalized spacial score (nSPS) is 9.55. The molecule has 3 heteroatoms. The van der Waals surface area contributed by atoms with Crippen LogP contribution in [-0.2, 0) is 0 Å². The van der Waals surface area contributed by atoms with Crippen LogP contribution in [0.15, 0.2) is 24.3 Å². The van der Waals surface area contributed by atoms with E-state index in [0.29, 0.717) is 5.04 Å². The number of nitrogens with one attached hydrogen (secondary N) is 1. The summed E-state index contributed by atoms with van der Waals surface area (Å²) < 4.78 is 0. The molecule has 1 aromatic carbocycles. The molecule has 1 rings (SSSR count). The van der Waals surface area contributed by atoms with Crippen molar-refractivity contribution in [2.75, 3.05) is 6.26 Å². The van der Waals surface area contributed by atoms with E-state index < -0.39 is 0 Å². The minimum Gasteiger partial charge on any atom is -0.508 e. The third kappa shape index (κ3) is 1.98. The number of rotatable bonds is 1. The zero-order valence-electron chi connectivity index (χ0n) is 6.16. The first-order valence-electron chi connectivity index (χ1n) is 3.16. The first-order valence-corrected chi connectivity index (χ1v) is 4.38. The van der Waals surface area contributed by atoms with Gasteiger partial charge in [-0.05, 0) is 30.5 Å². The van der Waals surface area contributed by atoms with Crippen molar-refractivity contribution in [2.45, 2.75) is 0 Å². The van der Waals surface area contributed by atoms with Crippen molar-refractivity contribution in [1.82, 2.24) is 0 Å². The lowest BCUT2D eigenvalue weighted by Gasteiger charge is -1.98. The Morgan fingerprint density at radius 3 is 2.36 bits per heavy atom. The lowest BCUT2D eigenvalue weighted by molar-refractivity contribution is 0.475. The van der Waals surface area contributed by atoms with Gasteiger partial charge in [0.05, 0.1) is 5.04 Å². The van der Waals surface area contributed by atoms with Gasteiger partial charge in [0.2, 0.25) is 0 Å². The minimum atomic E-state index is 0.239. The van der Waals surface area contributed by atoms with Crippen molar-refractivity contribution in [3.05, 3.63) is 29.8 Å². The maximum Gasteiger partial charge on any atom is 0.115 e. The zero-order chi connectivity index (χ0) is 8.27. The third-order valence-corrected chi connectivity index (χ3v) is 1.98. The Morgan fingerprint density at radius 1 is 1.36 bits per heavy atom. The molecule has 1 aromatic rings. The maximum absolute atomic E-state index is 8.93. The van der Waals surface area contributed by atoms with Gasteiger partial charge in [-0.3, -0.25) is 5.41 Å². The van der Waals surface area contributed by atoms with Gasteiger partial charge in [-0.25, -0.2) is 0 Å². The van der Waals surface area contributed by atoms with Gasteiger partial charge in [0, 0.05) is 5.56 Å². The largest absolute Gasteiger partial charge is 0.508 e. The molecule has 0 bridgehead atoms. The molecule has 0 heterocycles. The molecule has 0 saturated carbocycles. The number of hydrogen-bond donors (Lipinski definition) is 2. The highest BCUT2D eigenvalue weighted by atomic mass is 32.2. The van der Waals surface area contributed by atoms with Crippen LogP contribution in [0.3, 0.4) is 0 Å². The van der Waals surface area contributed by atoms with Crippen LogP contribution in [0, 0.1) is 5.41 Å². The fraction of sp³-hybridized carbons (Fsp3) is 0.125.